The van der Waals surface area contributed by atoms with Crippen molar-refractivity contribution in [1.82, 2.24) is 15.2 Å². The lowest BCUT2D eigenvalue weighted by Crippen LogP contribution is -2.41. The Balaban J connectivity index is 1.52. The Hall–Kier alpha value is -3.44. The van der Waals surface area contributed by atoms with Crippen molar-refractivity contribution in [2.24, 2.45) is 11.8 Å². The summed E-state index contributed by atoms with van der Waals surface area (Å²) in [5.74, 6) is -10.3. The van der Waals surface area contributed by atoms with E-state index in [0.29, 0.717) is 18.6 Å². The number of H-pyrrole nitrogens is 1. The summed E-state index contributed by atoms with van der Waals surface area (Å²) in [6.07, 6.45) is 1.02. The van der Waals surface area contributed by atoms with Gasteiger partial charge < -0.3 is 20.3 Å². The van der Waals surface area contributed by atoms with Gasteiger partial charge in [0.15, 0.2) is 11.4 Å². The number of hydrogen-bond acceptors (Lipinski definition) is 4. The van der Waals surface area contributed by atoms with E-state index in [1.165, 1.54) is 0 Å². The minimum atomic E-state index is -3.10. The van der Waals surface area contributed by atoms with E-state index in [-0.39, 0.29) is 24.8 Å². The average Bonchev–Trinajstić information content (AvgIpc) is 3.44. The van der Waals surface area contributed by atoms with Crippen molar-refractivity contribution in [3.05, 3.63) is 62.8 Å². The highest BCUT2D eigenvalue weighted by Crippen LogP contribution is 2.48. The van der Waals surface area contributed by atoms with Gasteiger partial charge in [-0.15, -0.1) is 0 Å². The molecule has 2 amide bonds. The first kappa shape index (κ1) is 22.7. The number of carbonyl (C=O) groups excluding carboxylic acids is 2. The summed E-state index contributed by atoms with van der Waals surface area (Å²) in [4.78, 5) is 40.6. The van der Waals surface area contributed by atoms with Gasteiger partial charge in [0.1, 0.15) is 23.0 Å². The van der Waals surface area contributed by atoms with E-state index < -0.39 is 76.3 Å². The maximum Gasteiger partial charge on any atom is 0.274 e. The Morgan fingerprint density at radius 3 is 2.52 bits per heavy atom. The molecule has 2 aliphatic rings. The predicted molar refractivity (Wildman–Crippen MR) is 103 cm³/mol. The molecule has 2 unspecified atom stereocenters. The number of hydrogen-bond donors (Lipinski definition) is 3. The van der Waals surface area contributed by atoms with E-state index in [1.54, 1.807) is 0 Å². The number of nitrogens with zero attached hydrogens (tertiary/aromatic N) is 1. The van der Waals surface area contributed by atoms with Crippen molar-refractivity contribution in [1.29, 1.82) is 0 Å². The molecule has 7 nitrogen and oxygen atoms in total. The van der Waals surface area contributed by atoms with Crippen LogP contribution in [0.1, 0.15) is 39.3 Å². The zero-order chi connectivity index (χ0) is 24.1. The quantitative estimate of drug-likeness (QED) is 0.597. The Labute approximate surface area is 183 Å². The molecular formula is C21H18F5N3O4. The molecule has 2 heterocycles. The number of rotatable bonds is 4. The van der Waals surface area contributed by atoms with Crippen LogP contribution in [0.25, 0.3) is 0 Å². The van der Waals surface area contributed by atoms with Gasteiger partial charge in [-0.25, -0.2) is 22.0 Å². The maximum absolute atomic E-state index is 14.1. The molecule has 2 atom stereocenters. The minimum Gasteiger partial charge on any atom is -0.503 e. The first-order valence-corrected chi connectivity index (χ1v) is 10.00. The highest BCUT2D eigenvalue weighted by atomic mass is 19.3. The van der Waals surface area contributed by atoms with Crippen molar-refractivity contribution in [2.45, 2.75) is 25.3 Å². The predicted octanol–water partition coefficient (Wildman–Crippen LogP) is 2.55. The van der Waals surface area contributed by atoms with Gasteiger partial charge in [0.25, 0.3) is 17.7 Å². The third-order valence-electron chi connectivity index (χ3n) is 5.84. The fraction of sp³-hybridized carbons (Fsp3) is 0.381. The molecule has 176 valence electrons. The molecule has 33 heavy (non-hydrogen) atoms. The summed E-state index contributed by atoms with van der Waals surface area (Å²) in [6.45, 7) is -1.54. The van der Waals surface area contributed by atoms with Crippen LogP contribution >= 0.6 is 0 Å². The fourth-order valence-electron chi connectivity index (χ4n) is 4.03. The molecule has 1 aliphatic heterocycles. The van der Waals surface area contributed by atoms with Gasteiger partial charge in [-0.1, -0.05) is 0 Å². The van der Waals surface area contributed by atoms with E-state index in [2.05, 4.69) is 10.3 Å². The van der Waals surface area contributed by atoms with Gasteiger partial charge in [0.2, 0.25) is 5.43 Å². The summed E-state index contributed by atoms with van der Waals surface area (Å²) in [6, 6.07) is 0.833. The van der Waals surface area contributed by atoms with Crippen LogP contribution in [0.4, 0.5) is 22.0 Å². The van der Waals surface area contributed by atoms with Crippen molar-refractivity contribution in [3.63, 3.8) is 0 Å². The Kier molecular flexibility index (Phi) is 5.62. The van der Waals surface area contributed by atoms with E-state index >= 15 is 0 Å². The summed E-state index contributed by atoms with van der Waals surface area (Å²) < 4.78 is 68.5. The molecule has 1 aromatic carbocycles. The number of amides is 2. The molecule has 2 aromatic rings. The highest BCUT2D eigenvalue weighted by molar-refractivity contribution is 5.98. The number of benzene rings is 1. The average molecular weight is 471 g/mol. The highest BCUT2D eigenvalue weighted by Gasteiger charge is 2.50. The number of halogens is 5. The number of aromatic hydroxyl groups is 1. The van der Waals surface area contributed by atoms with Crippen molar-refractivity contribution in [3.8, 4) is 5.75 Å². The largest absolute Gasteiger partial charge is 0.503 e. The lowest BCUT2D eigenvalue weighted by molar-refractivity contribution is -0.0315. The number of nitrogens with one attached hydrogen (secondary N) is 2. The van der Waals surface area contributed by atoms with E-state index in [4.69, 9.17) is 0 Å². The topological polar surface area (TPSA) is 102 Å². The Morgan fingerprint density at radius 1 is 1.18 bits per heavy atom. The number of pyridine rings is 1. The summed E-state index contributed by atoms with van der Waals surface area (Å²) in [5, 5.41) is 12.2. The number of aromatic nitrogens is 1. The van der Waals surface area contributed by atoms with Gasteiger partial charge in [-0.3, -0.25) is 14.4 Å². The van der Waals surface area contributed by atoms with Crippen LogP contribution in [0.3, 0.4) is 0 Å². The van der Waals surface area contributed by atoms with Crippen LogP contribution in [-0.4, -0.2) is 45.8 Å². The van der Waals surface area contributed by atoms with Crippen LogP contribution in [0.5, 0.6) is 5.75 Å². The smallest absolute Gasteiger partial charge is 0.274 e. The number of carbonyl (C=O) groups is 2. The standard InChI is InChI=1S/C21H18F5N3O4/c22-11-2-14(23)12(15(24)3-11)5-28-19(32)13-6-27-16(18(31)17(13)30)20(33)29-7-10-1-9(10)4-21(25,26)8-29/h2-3,6,9-10,31H,1,4-5,7-8H2,(H,27,30)(H,28,32). The number of fused-ring (bicyclic) bond motifs is 1. The molecule has 1 saturated heterocycles. The maximum atomic E-state index is 14.1. The van der Waals surface area contributed by atoms with Crippen LogP contribution in [-0.2, 0) is 6.54 Å². The second kappa shape index (κ2) is 8.16. The lowest BCUT2D eigenvalue weighted by Gasteiger charge is -2.25. The molecule has 4 rings (SSSR count). The first-order chi connectivity index (χ1) is 15.5. The molecule has 1 saturated carbocycles. The van der Waals surface area contributed by atoms with Crippen LogP contribution < -0.4 is 10.7 Å². The zero-order valence-electron chi connectivity index (χ0n) is 16.9. The summed E-state index contributed by atoms with van der Waals surface area (Å²) in [5.41, 5.74) is -3.27. The van der Waals surface area contributed by atoms with Crippen LogP contribution in [0.15, 0.2) is 23.1 Å². The molecule has 0 spiro atoms. The number of alkyl halides is 2. The van der Waals surface area contributed by atoms with Crippen LogP contribution in [0, 0.1) is 29.3 Å². The number of likely N-dealkylation sites (tertiary alicyclic amines) is 1. The van der Waals surface area contributed by atoms with E-state index in [1.807, 2.05) is 0 Å². The van der Waals surface area contributed by atoms with Crippen LogP contribution in [0.2, 0.25) is 0 Å². The monoisotopic (exact) mass is 471 g/mol. The number of aromatic amines is 1. The Bertz CT molecular complexity index is 1180. The second-order valence-electron chi connectivity index (χ2n) is 8.29. The SMILES string of the molecule is O=C(NCc1c(F)cc(F)cc1F)c1c[nH]c(C(=O)N2CC3CC3CC(F)(F)C2)c(O)c1=O. The van der Waals surface area contributed by atoms with E-state index in [9.17, 15) is 41.4 Å². The molecule has 0 bridgehead atoms. The van der Waals surface area contributed by atoms with Crippen molar-refractivity contribution < 1.29 is 36.6 Å². The van der Waals surface area contributed by atoms with Gasteiger partial charge in [-0.2, -0.15) is 0 Å². The van der Waals surface area contributed by atoms with Gasteiger partial charge in [-0.05, 0) is 18.3 Å². The van der Waals surface area contributed by atoms with Gasteiger partial charge in [0.05, 0.1) is 6.54 Å². The Morgan fingerprint density at radius 2 is 1.85 bits per heavy atom. The summed E-state index contributed by atoms with van der Waals surface area (Å²) >= 11 is 0. The first-order valence-electron chi connectivity index (χ1n) is 10.00. The molecule has 1 aliphatic carbocycles. The third-order valence-corrected chi connectivity index (χ3v) is 5.84. The van der Waals surface area contributed by atoms with Gasteiger partial charge in [0, 0.05) is 43.4 Å². The molecule has 12 heteroatoms. The molecule has 3 N–H and O–H groups in total. The zero-order valence-corrected chi connectivity index (χ0v) is 16.9. The molecule has 2 fully saturated rings. The molecule has 1 aromatic heterocycles. The summed E-state index contributed by atoms with van der Waals surface area (Å²) in [7, 11) is 0. The second-order valence-corrected chi connectivity index (χ2v) is 8.29. The molecule has 0 radical (unpaired) electrons. The molecular weight excluding hydrogens is 453 g/mol. The third kappa shape index (κ3) is 4.55. The minimum absolute atomic E-state index is 0.0532. The fourth-order valence-corrected chi connectivity index (χ4v) is 4.03. The normalized spacial score (nSPS) is 21.2. The van der Waals surface area contributed by atoms with Crippen molar-refractivity contribution >= 4 is 11.8 Å². The van der Waals surface area contributed by atoms with Crippen molar-refractivity contribution in [2.75, 3.05) is 13.1 Å². The van der Waals surface area contributed by atoms with E-state index in [0.717, 1.165) is 11.1 Å². The van der Waals surface area contributed by atoms with Gasteiger partial charge >= 0.3 is 0 Å². The lowest BCUT2D eigenvalue weighted by atomic mass is 10.1.